The van der Waals surface area contributed by atoms with Crippen LogP contribution in [0.5, 0.6) is 0 Å². The minimum atomic E-state index is -0.557. The smallest absolute Gasteiger partial charge is 0.348 e. The van der Waals surface area contributed by atoms with Gasteiger partial charge in [0, 0.05) is 22.7 Å². The van der Waals surface area contributed by atoms with Gasteiger partial charge in [-0.15, -0.1) is 11.3 Å². The fraction of sp³-hybridized carbons (Fsp3) is 0.200. The van der Waals surface area contributed by atoms with Crippen molar-refractivity contribution >= 4 is 34.6 Å². The topological polar surface area (TPSA) is 98.5 Å². The predicted octanol–water partition coefficient (Wildman–Crippen LogP) is 3.07. The number of carbonyl (C=O) groups excluding carboxylic acids is 2. The molecular formula is C15H14N2O5S. The van der Waals surface area contributed by atoms with Crippen LogP contribution in [0.15, 0.2) is 30.3 Å². The lowest BCUT2D eigenvalue weighted by Gasteiger charge is -2.08. The van der Waals surface area contributed by atoms with E-state index >= 15 is 0 Å². The van der Waals surface area contributed by atoms with Gasteiger partial charge in [-0.25, -0.2) is 4.79 Å². The standard InChI is InChI=1S/C15H14N2O5S/c1-9-7-11(17(20)21)4-5-12(9)16-14(18)8-22-15(19)13-6-3-10(2)23-13/h3-7H,8H2,1-2H3,(H,16,18). The number of rotatable bonds is 5. The Morgan fingerprint density at radius 3 is 2.57 bits per heavy atom. The molecule has 0 spiro atoms. The average Bonchev–Trinajstić information content (AvgIpc) is 2.93. The largest absolute Gasteiger partial charge is 0.451 e. The lowest BCUT2D eigenvalue weighted by atomic mass is 10.2. The summed E-state index contributed by atoms with van der Waals surface area (Å²) in [6, 6.07) is 7.52. The molecule has 0 aliphatic heterocycles. The number of hydrogen-bond acceptors (Lipinski definition) is 6. The molecule has 1 amide bonds. The molecule has 0 aliphatic rings. The van der Waals surface area contributed by atoms with Crippen LogP contribution >= 0.6 is 11.3 Å². The fourth-order valence-corrected chi connectivity index (χ4v) is 2.60. The molecule has 1 N–H and O–H groups in total. The highest BCUT2D eigenvalue weighted by Crippen LogP contribution is 2.21. The van der Waals surface area contributed by atoms with Crippen LogP contribution in [0.4, 0.5) is 11.4 Å². The van der Waals surface area contributed by atoms with E-state index in [4.69, 9.17) is 4.74 Å². The van der Waals surface area contributed by atoms with Crippen LogP contribution in [-0.4, -0.2) is 23.4 Å². The molecule has 23 heavy (non-hydrogen) atoms. The van der Waals surface area contributed by atoms with Crippen molar-refractivity contribution in [1.29, 1.82) is 0 Å². The number of nitrogens with one attached hydrogen (secondary N) is 1. The second-order valence-electron chi connectivity index (χ2n) is 4.79. The first-order chi connectivity index (χ1) is 10.9. The zero-order chi connectivity index (χ0) is 17.0. The average molecular weight is 334 g/mol. The second-order valence-corrected chi connectivity index (χ2v) is 6.08. The Kier molecular flexibility index (Phi) is 5.07. The first-order valence-corrected chi connectivity index (χ1v) is 7.47. The molecular weight excluding hydrogens is 320 g/mol. The molecule has 1 heterocycles. The van der Waals surface area contributed by atoms with Crippen LogP contribution in [0, 0.1) is 24.0 Å². The van der Waals surface area contributed by atoms with E-state index in [1.165, 1.54) is 29.5 Å². The molecule has 1 aromatic heterocycles. The van der Waals surface area contributed by atoms with Gasteiger partial charge in [0.1, 0.15) is 4.88 Å². The maximum absolute atomic E-state index is 11.8. The summed E-state index contributed by atoms with van der Waals surface area (Å²) in [7, 11) is 0. The van der Waals surface area contributed by atoms with Crippen molar-refractivity contribution in [3.8, 4) is 0 Å². The van der Waals surface area contributed by atoms with E-state index < -0.39 is 23.4 Å². The summed E-state index contributed by atoms with van der Waals surface area (Å²) in [6.45, 7) is 3.08. The van der Waals surface area contributed by atoms with Gasteiger partial charge < -0.3 is 10.1 Å². The molecule has 0 unspecified atom stereocenters. The SMILES string of the molecule is Cc1ccc(C(=O)OCC(=O)Nc2ccc([N+](=O)[O-])cc2C)s1. The van der Waals surface area contributed by atoms with Gasteiger partial charge in [-0.1, -0.05) is 0 Å². The molecule has 0 bridgehead atoms. The molecule has 120 valence electrons. The summed E-state index contributed by atoms with van der Waals surface area (Å²) >= 11 is 1.29. The number of anilines is 1. The van der Waals surface area contributed by atoms with Gasteiger partial charge in [-0.2, -0.15) is 0 Å². The molecule has 8 heteroatoms. The highest BCUT2D eigenvalue weighted by molar-refractivity contribution is 7.13. The lowest BCUT2D eigenvalue weighted by molar-refractivity contribution is -0.384. The van der Waals surface area contributed by atoms with Crippen LogP contribution in [0.3, 0.4) is 0 Å². The van der Waals surface area contributed by atoms with E-state index in [0.717, 1.165) is 4.88 Å². The Morgan fingerprint density at radius 2 is 2.00 bits per heavy atom. The molecule has 0 fully saturated rings. The van der Waals surface area contributed by atoms with E-state index in [9.17, 15) is 19.7 Å². The van der Waals surface area contributed by atoms with Gasteiger partial charge in [-0.05, 0) is 37.6 Å². The summed E-state index contributed by atoms with van der Waals surface area (Å²) in [5, 5.41) is 13.2. The highest BCUT2D eigenvalue weighted by atomic mass is 32.1. The minimum absolute atomic E-state index is 0.0556. The maximum Gasteiger partial charge on any atom is 0.348 e. The summed E-state index contributed by atoms with van der Waals surface area (Å²) in [5.41, 5.74) is 0.927. The Hall–Kier alpha value is -2.74. The summed E-state index contributed by atoms with van der Waals surface area (Å²) in [6.07, 6.45) is 0. The number of nitro groups is 1. The zero-order valence-corrected chi connectivity index (χ0v) is 13.3. The van der Waals surface area contributed by atoms with E-state index in [2.05, 4.69) is 5.32 Å². The van der Waals surface area contributed by atoms with Gasteiger partial charge in [0.15, 0.2) is 6.61 Å². The predicted molar refractivity (Wildman–Crippen MR) is 85.8 cm³/mol. The Morgan fingerprint density at radius 1 is 1.26 bits per heavy atom. The van der Waals surface area contributed by atoms with E-state index in [1.807, 2.05) is 6.92 Å². The Balaban J connectivity index is 1.92. The minimum Gasteiger partial charge on any atom is -0.451 e. The number of carbonyl (C=O) groups is 2. The number of amides is 1. The molecule has 2 aromatic rings. The maximum atomic E-state index is 11.8. The molecule has 0 saturated heterocycles. The van der Waals surface area contributed by atoms with Crippen LogP contribution < -0.4 is 5.32 Å². The van der Waals surface area contributed by atoms with Gasteiger partial charge in [0.2, 0.25) is 0 Å². The number of nitro benzene ring substituents is 1. The van der Waals surface area contributed by atoms with Crippen LogP contribution in [-0.2, 0) is 9.53 Å². The normalized spacial score (nSPS) is 10.2. The summed E-state index contributed by atoms with van der Waals surface area (Å²) in [4.78, 5) is 35.1. The van der Waals surface area contributed by atoms with Crippen molar-refractivity contribution in [3.63, 3.8) is 0 Å². The number of nitrogens with zero attached hydrogens (tertiary/aromatic N) is 1. The molecule has 0 saturated carbocycles. The summed E-state index contributed by atoms with van der Waals surface area (Å²) in [5.74, 6) is -1.07. The molecule has 7 nitrogen and oxygen atoms in total. The number of thiophene rings is 1. The fourth-order valence-electron chi connectivity index (χ4n) is 1.83. The van der Waals surface area contributed by atoms with Crippen molar-refractivity contribution in [2.45, 2.75) is 13.8 Å². The van der Waals surface area contributed by atoms with Crippen molar-refractivity contribution in [3.05, 3.63) is 55.8 Å². The highest BCUT2D eigenvalue weighted by Gasteiger charge is 2.14. The molecule has 0 aliphatic carbocycles. The molecule has 1 aromatic carbocycles. The number of non-ortho nitro benzene ring substituents is 1. The van der Waals surface area contributed by atoms with E-state index in [0.29, 0.717) is 16.1 Å². The van der Waals surface area contributed by atoms with Crippen molar-refractivity contribution in [2.24, 2.45) is 0 Å². The quantitative estimate of drug-likeness (QED) is 0.515. The zero-order valence-electron chi connectivity index (χ0n) is 12.5. The van der Waals surface area contributed by atoms with Gasteiger partial charge in [-0.3, -0.25) is 14.9 Å². The third kappa shape index (κ3) is 4.36. The second kappa shape index (κ2) is 7.01. The number of hydrogen-bond donors (Lipinski definition) is 1. The lowest BCUT2D eigenvalue weighted by Crippen LogP contribution is -2.21. The van der Waals surface area contributed by atoms with Gasteiger partial charge >= 0.3 is 5.97 Å². The van der Waals surface area contributed by atoms with Gasteiger partial charge in [0.25, 0.3) is 11.6 Å². The first kappa shape index (κ1) is 16.6. The third-order valence-corrected chi connectivity index (χ3v) is 3.95. The van der Waals surface area contributed by atoms with E-state index in [-0.39, 0.29) is 5.69 Å². The van der Waals surface area contributed by atoms with Crippen LogP contribution in [0.1, 0.15) is 20.1 Å². The summed E-state index contributed by atoms with van der Waals surface area (Å²) < 4.78 is 4.93. The van der Waals surface area contributed by atoms with Gasteiger partial charge in [0.05, 0.1) is 4.92 Å². The molecule has 2 rings (SSSR count). The molecule has 0 atom stereocenters. The number of esters is 1. The van der Waals surface area contributed by atoms with Crippen LogP contribution in [0.2, 0.25) is 0 Å². The first-order valence-electron chi connectivity index (χ1n) is 6.65. The van der Waals surface area contributed by atoms with E-state index in [1.54, 1.807) is 19.1 Å². The third-order valence-electron chi connectivity index (χ3n) is 2.97. The number of aryl methyl sites for hydroxylation is 2. The Bertz CT molecular complexity index is 769. The van der Waals surface area contributed by atoms with Crippen molar-refractivity contribution < 1.29 is 19.2 Å². The molecule has 0 radical (unpaired) electrons. The number of ether oxygens (including phenoxy) is 1. The van der Waals surface area contributed by atoms with Crippen molar-refractivity contribution in [2.75, 3.05) is 11.9 Å². The Labute approximate surface area is 136 Å². The monoisotopic (exact) mass is 334 g/mol. The van der Waals surface area contributed by atoms with Crippen LogP contribution in [0.25, 0.3) is 0 Å². The number of benzene rings is 1. The van der Waals surface area contributed by atoms with Crippen molar-refractivity contribution in [1.82, 2.24) is 0 Å².